The third-order valence-corrected chi connectivity index (χ3v) is 1.57. The molecule has 0 saturated heterocycles. The summed E-state index contributed by atoms with van der Waals surface area (Å²) in [5.41, 5.74) is 0. The molecule has 0 heterocycles. The minimum atomic E-state index is 0.866. The van der Waals surface area contributed by atoms with Crippen molar-refractivity contribution in [2.75, 3.05) is 12.9 Å². The lowest BCUT2D eigenvalue weighted by Gasteiger charge is -1.94. The Morgan fingerprint density at radius 3 is 2.89 bits per heavy atom. The van der Waals surface area contributed by atoms with Gasteiger partial charge in [0.05, 0.1) is 5.04 Å². The molecular formula is C5H11N3S. The molecule has 0 rings (SSSR count). The topological polar surface area (TPSA) is 36.8 Å². The fraction of sp³-hybridized carbons (Fsp3) is 0.600. The van der Waals surface area contributed by atoms with Crippen molar-refractivity contribution < 1.29 is 0 Å². The zero-order valence-electron chi connectivity index (χ0n) is 5.72. The van der Waals surface area contributed by atoms with E-state index >= 15 is 0 Å². The molecule has 3 nitrogen and oxygen atoms in total. The third kappa shape index (κ3) is 5.52. The smallest absolute Gasteiger partial charge is 0.0940 e. The summed E-state index contributed by atoms with van der Waals surface area (Å²) in [6, 6.07) is 0. The normalized spacial score (nSPS) is 11.6. The highest BCUT2D eigenvalue weighted by Gasteiger charge is 1.87. The molecule has 0 aliphatic rings. The van der Waals surface area contributed by atoms with E-state index in [2.05, 4.69) is 22.2 Å². The maximum atomic E-state index is 3.72. The summed E-state index contributed by atoms with van der Waals surface area (Å²) in [6.45, 7) is 5.14. The summed E-state index contributed by atoms with van der Waals surface area (Å²) in [5.74, 6) is 0.866. The first kappa shape index (κ1) is 8.65. The minimum Gasteiger partial charge on any atom is -0.311 e. The van der Waals surface area contributed by atoms with Gasteiger partial charge in [-0.3, -0.25) is 0 Å². The predicted octanol–water partition coefficient (Wildman–Crippen LogP) is 0.930. The molecule has 0 radical (unpaired) electrons. The summed E-state index contributed by atoms with van der Waals surface area (Å²) < 4.78 is 0. The molecule has 0 aromatic heterocycles. The van der Waals surface area contributed by atoms with Crippen LogP contribution in [0.5, 0.6) is 0 Å². The van der Waals surface area contributed by atoms with E-state index in [0.717, 1.165) is 10.9 Å². The van der Waals surface area contributed by atoms with E-state index < -0.39 is 0 Å². The molecule has 9 heavy (non-hydrogen) atoms. The number of rotatable bonds is 3. The molecule has 0 unspecified atom stereocenters. The van der Waals surface area contributed by atoms with Gasteiger partial charge in [0.2, 0.25) is 0 Å². The van der Waals surface area contributed by atoms with Crippen LogP contribution < -0.4 is 5.32 Å². The maximum absolute atomic E-state index is 3.72. The Morgan fingerprint density at radius 2 is 2.44 bits per heavy atom. The average molecular weight is 145 g/mol. The number of thioether (sulfide) groups is 1. The molecular weight excluding hydrogens is 134 g/mol. The summed E-state index contributed by atoms with van der Waals surface area (Å²) in [4.78, 5) is 0. The maximum Gasteiger partial charge on any atom is 0.0940 e. The second kappa shape index (κ2) is 5.78. The van der Waals surface area contributed by atoms with Crippen LogP contribution >= 0.6 is 11.8 Å². The number of hydrogen-bond acceptors (Lipinski definition) is 4. The van der Waals surface area contributed by atoms with Gasteiger partial charge in [0, 0.05) is 12.6 Å². The Bertz CT molecular complexity index is 111. The van der Waals surface area contributed by atoms with E-state index in [0.29, 0.717) is 0 Å². The summed E-state index contributed by atoms with van der Waals surface area (Å²) in [6.07, 6.45) is 0. The number of nitrogens with one attached hydrogen (secondary N) is 1. The molecule has 0 aliphatic heterocycles. The summed E-state index contributed by atoms with van der Waals surface area (Å²) in [7, 11) is 1.89. The molecule has 1 N–H and O–H groups in total. The molecule has 52 valence electrons. The standard InChI is InChI=1S/C5H11N3S/c1-5(8-7-3)9-4-6-2/h6H,3-4H2,1-2H3/b8-5-. The quantitative estimate of drug-likeness (QED) is 0.277. The van der Waals surface area contributed by atoms with Gasteiger partial charge in [-0.25, -0.2) is 0 Å². The molecule has 4 heteroatoms. The largest absolute Gasteiger partial charge is 0.311 e. The van der Waals surface area contributed by atoms with Gasteiger partial charge in [-0.1, -0.05) is 11.8 Å². The van der Waals surface area contributed by atoms with Crippen molar-refractivity contribution in [1.82, 2.24) is 5.32 Å². The van der Waals surface area contributed by atoms with Crippen LogP contribution in [-0.2, 0) is 0 Å². The zero-order chi connectivity index (χ0) is 7.11. The van der Waals surface area contributed by atoms with Gasteiger partial charge in [-0.05, 0) is 14.0 Å². The second-order valence-electron chi connectivity index (χ2n) is 1.40. The van der Waals surface area contributed by atoms with Crippen molar-refractivity contribution in [3.63, 3.8) is 0 Å². The van der Waals surface area contributed by atoms with E-state index in [-0.39, 0.29) is 0 Å². The Balaban J connectivity index is 3.36. The van der Waals surface area contributed by atoms with Crippen LogP contribution in [0.15, 0.2) is 10.2 Å². The van der Waals surface area contributed by atoms with E-state index in [4.69, 9.17) is 0 Å². The molecule has 0 saturated carbocycles. The third-order valence-electron chi connectivity index (χ3n) is 0.637. The van der Waals surface area contributed by atoms with Crippen molar-refractivity contribution in [1.29, 1.82) is 0 Å². The lowest BCUT2D eigenvalue weighted by Crippen LogP contribution is -2.05. The summed E-state index contributed by atoms with van der Waals surface area (Å²) >= 11 is 1.61. The van der Waals surface area contributed by atoms with Crippen molar-refractivity contribution in [2.24, 2.45) is 10.2 Å². The summed E-state index contributed by atoms with van der Waals surface area (Å²) in [5, 5.41) is 11.0. The Hall–Kier alpha value is -0.350. The first-order valence-electron chi connectivity index (χ1n) is 2.59. The lowest BCUT2D eigenvalue weighted by atomic mass is 10.9. The molecule has 0 fully saturated rings. The lowest BCUT2D eigenvalue weighted by molar-refractivity contribution is 0.986. The number of nitrogens with zero attached hydrogens (tertiary/aromatic N) is 2. The van der Waals surface area contributed by atoms with Gasteiger partial charge in [-0.2, -0.15) is 5.10 Å². The Kier molecular flexibility index (Phi) is 5.56. The van der Waals surface area contributed by atoms with E-state index in [1.54, 1.807) is 11.8 Å². The minimum absolute atomic E-state index is 0.866. The number of hydrogen-bond donors (Lipinski definition) is 1. The fourth-order valence-electron chi connectivity index (χ4n) is 0.305. The first-order chi connectivity index (χ1) is 4.31. The van der Waals surface area contributed by atoms with Crippen molar-refractivity contribution in [3.05, 3.63) is 0 Å². The van der Waals surface area contributed by atoms with Gasteiger partial charge in [0.15, 0.2) is 0 Å². The molecule has 0 spiro atoms. The van der Waals surface area contributed by atoms with Crippen molar-refractivity contribution in [2.45, 2.75) is 6.92 Å². The Labute approximate surface area is 59.6 Å². The first-order valence-corrected chi connectivity index (χ1v) is 3.57. The molecule has 0 aromatic carbocycles. The average Bonchev–Trinajstić information content (AvgIpc) is 1.85. The SMILES string of the molecule is C=N/N=C(/C)SCNC. The highest BCUT2D eigenvalue weighted by atomic mass is 32.2. The predicted molar refractivity (Wildman–Crippen MR) is 44.2 cm³/mol. The van der Waals surface area contributed by atoms with Crippen LogP contribution in [0, 0.1) is 0 Å². The highest BCUT2D eigenvalue weighted by Crippen LogP contribution is 1.99. The monoisotopic (exact) mass is 145 g/mol. The van der Waals surface area contributed by atoms with Crippen LogP contribution in [0.25, 0.3) is 0 Å². The van der Waals surface area contributed by atoms with Crippen LogP contribution in [0.3, 0.4) is 0 Å². The second-order valence-corrected chi connectivity index (χ2v) is 2.57. The Morgan fingerprint density at radius 1 is 1.78 bits per heavy atom. The fourth-order valence-corrected chi connectivity index (χ4v) is 0.774. The van der Waals surface area contributed by atoms with Crippen LogP contribution in [0.2, 0.25) is 0 Å². The zero-order valence-corrected chi connectivity index (χ0v) is 6.53. The van der Waals surface area contributed by atoms with Crippen molar-refractivity contribution >= 4 is 23.5 Å². The molecule has 0 amide bonds. The van der Waals surface area contributed by atoms with E-state index in [1.807, 2.05) is 14.0 Å². The highest BCUT2D eigenvalue weighted by molar-refractivity contribution is 8.13. The van der Waals surface area contributed by atoms with Crippen LogP contribution in [0.4, 0.5) is 0 Å². The van der Waals surface area contributed by atoms with Crippen molar-refractivity contribution in [3.8, 4) is 0 Å². The van der Waals surface area contributed by atoms with E-state index in [9.17, 15) is 0 Å². The molecule has 0 bridgehead atoms. The molecule has 0 aromatic rings. The molecule has 0 atom stereocenters. The van der Waals surface area contributed by atoms with Crippen LogP contribution in [0.1, 0.15) is 6.92 Å². The van der Waals surface area contributed by atoms with Gasteiger partial charge in [-0.15, -0.1) is 5.10 Å². The van der Waals surface area contributed by atoms with Gasteiger partial charge >= 0.3 is 0 Å². The van der Waals surface area contributed by atoms with Gasteiger partial charge in [0.25, 0.3) is 0 Å². The van der Waals surface area contributed by atoms with Crippen LogP contribution in [-0.4, -0.2) is 24.7 Å². The van der Waals surface area contributed by atoms with E-state index in [1.165, 1.54) is 0 Å². The van der Waals surface area contributed by atoms with Gasteiger partial charge in [0.1, 0.15) is 0 Å². The van der Waals surface area contributed by atoms with Gasteiger partial charge < -0.3 is 5.32 Å². The molecule has 0 aliphatic carbocycles.